The van der Waals surface area contributed by atoms with Gasteiger partial charge in [0.2, 0.25) is 0 Å². The van der Waals surface area contributed by atoms with Crippen LogP contribution in [0, 0.1) is 50.2 Å². The molecule has 5 aliphatic carbocycles. The Hall–Kier alpha value is -2.58. The molecule has 0 amide bonds. The van der Waals surface area contributed by atoms with Crippen LogP contribution in [0.5, 0.6) is 0 Å². The van der Waals surface area contributed by atoms with Gasteiger partial charge < -0.3 is 20.9 Å². The van der Waals surface area contributed by atoms with Crippen LogP contribution in [-0.2, 0) is 19.1 Å². The van der Waals surface area contributed by atoms with Crippen LogP contribution in [0.3, 0.4) is 0 Å². The second kappa shape index (κ2) is 13.0. The van der Waals surface area contributed by atoms with Crippen LogP contribution in [0.25, 0.3) is 0 Å². The summed E-state index contributed by atoms with van der Waals surface area (Å²) >= 11 is 0. The number of rotatable bonds is 10. The van der Waals surface area contributed by atoms with E-state index in [-0.39, 0.29) is 51.6 Å². The van der Waals surface area contributed by atoms with E-state index >= 15 is 0 Å². The molecular weight excluding hydrogens is 651 g/mol. The standard InChI is InChI=1S/C44H67N3O5/c1-27(2)35-30(48)24-43(21-23-47-28(3)29-12-11-22-46-26-29)20-19-42(10)41(9)17-13-31-39(6,7)33(52-34(49)25-38(4,5)37(50)51)15-16-40(31,8)32(41)14-18-44(42,45)36(35)43/h11-12,22,26-28,31-33,47H,13-21,23-25,45H2,1-10H3,(H,50,51)/t28-,31-,32+,33-,40?,41+,42-,43+,44-/m0/s1. The largest absolute Gasteiger partial charge is 0.481 e. The van der Waals surface area contributed by atoms with Gasteiger partial charge in [-0.05, 0) is 142 Å². The predicted octanol–water partition coefficient (Wildman–Crippen LogP) is 8.60. The van der Waals surface area contributed by atoms with Crippen molar-refractivity contribution in [2.45, 2.75) is 158 Å². The molecule has 288 valence electrons. The van der Waals surface area contributed by atoms with Crippen LogP contribution in [0.2, 0.25) is 0 Å². The second-order valence-electron chi connectivity index (χ2n) is 20.1. The molecule has 0 radical (unpaired) electrons. The quantitative estimate of drug-likeness (QED) is 0.205. The van der Waals surface area contributed by atoms with Crippen LogP contribution < -0.4 is 11.1 Å². The predicted molar refractivity (Wildman–Crippen MR) is 204 cm³/mol. The minimum atomic E-state index is -1.16. The van der Waals surface area contributed by atoms with Gasteiger partial charge in [0.05, 0.1) is 11.8 Å². The second-order valence-corrected chi connectivity index (χ2v) is 20.1. The number of pyridine rings is 1. The highest BCUT2D eigenvalue weighted by atomic mass is 16.5. The smallest absolute Gasteiger partial charge is 0.309 e. The molecule has 1 aromatic rings. The fourth-order valence-electron chi connectivity index (χ4n) is 13.3. The number of carbonyl (C=O) groups is 3. The lowest BCUT2D eigenvalue weighted by atomic mass is 9.31. The maximum absolute atomic E-state index is 14.1. The number of aliphatic carboxylic acids is 1. The zero-order valence-corrected chi connectivity index (χ0v) is 33.8. The molecule has 4 saturated carbocycles. The van der Waals surface area contributed by atoms with Crippen molar-refractivity contribution in [2.24, 2.45) is 56.0 Å². The van der Waals surface area contributed by atoms with Crippen LogP contribution >= 0.6 is 0 Å². The number of carboxylic acid groups (broad SMARTS) is 1. The lowest BCUT2D eigenvalue weighted by Crippen LogP contribution is -2.74. The molecule has 1 aromatic heterocycles. The van der Waals surface area contributed by atoms with Gasteiger partial charge in [-0.3, -0.25) is 19.4 Å². The molecular formula is C44H67N3O5. The summed E-state index contributed by atoms with van der Waals surface area (Å²) in [5, 5.41) is 13.4. The highest BCUT2D eigenvalue weighted by Gasteiger charge is 2.73. The number of carboxylic acids is 1. The molecule has 0 aromatic carbocycles. The molecule has 8 heteroatoms. The van der Waals surface area contributed by atoms with Gasteiger partial charge in [-0.1, -0.05) is 54.5 Å². The number of allylic oxidation sites excluding steroid dienone is 1. The van der Waals surface area contributed by atoms with Gasteiger partial charge in [0.15, 0.2) is 5.78 Å². The third kappa shape index (κ3) is 5.74. The van der Waals surface area contributed by atoms with E-state index in [1.807, 2.05) is 18.5 Å². The van der Waals surface area contributed by atoms with Crippen LogP contribution in [-0.4, -0.2) is 46.0 Å². The summed E-state index contributed by atoms with van der Waals surface area (Å²) in [4.78, 5) is 43.3. The molecule has 0 bridgehead atoms. The van der Waals surface area contributed by atoms with E-state index < -0.39 is 22.9 Å². The third-order valence-electron chi connectivity index (χ3n) is 16.5. The number of ether oxygens (including phenoxy) is 1. The highest BCUT2D eigenvalue weighted by Crippen LogP contribution is 2.77. The molecule has 1 unspecified atom stereocenters. The normalized spacial score (nSPS) is 38.9. The molecule has 4 N–H and O–H groups in total. The molecule has 0 aliphatic heterocycles. The van der Waals surface area contributed by atoms with E-state index in [1.165, 1.54) is 11.1 Å². The van der Waals surface area contributed by atoms with Crippen molar-refractivity contribution in [1.29, 1.82) is 0 Å². The molecule has 5 aliphatic rings. The lowest BCUT2D eigenvalue weighted by Gasteiger charge is -2.74. The average Bonchev–Trinajstić information content (AvgIpc) is 3.37. The SMILES string of the molecule is CC(C)C1=C2[C@@](CCN[C@@H](C)c3cccnc3)(CC[C@]3(C)[C@]2(N)CC[C@@H]2C4(C)CC[C@H](OC(=O)CC(C)(C)C(=O)O)C(C)(C)[C@@H]4CC[C@]23C)CC1=O. The summed E-state index contributed by atoms with van der Waals surface area (Å²) in [6.07, 6.45) is 12.6. The van der Waals surface area contributed by atoms with Crippen LogP contribution in [0.15, 0.2) is 35.7 Å². The third-order valence-corrected chi connectivity index (χ3v) is 16.5. The van der Waals surface area contributed by atoms with E-state index in [4.69, 9.17) is 10.5 Å². The van der Waals surface area contributed by atoms with Gasteiger partial charge in [-0.25, -0.2) is 0 Å². The van der Waals surface area contributed by atoms with Gasteiger partial charge in [0.1, 0.15) is 6.10 Å². The van der Waals surface area contributed by atoms with E-state index in [9.17, 15) is 19.5 Å². The maximum atomic E-state index is 14.1. The van der Waals surface area contributed by atoms with Gasteiger partial charge in [-0.15, -0.1) is 0 Å². The Bertz CT molecular complexity index is 1620. The molecule has 0 saturated heterocycles. The summed E-state index contributed by atoms with van der Waals surface area (Å²) < 4.78 is 6.18. The van der Waals surface area contributed by atoms with Crippen molar-refractivity contribution in [3.63, 3.8) is 0 Å². The number of nitrogens with zero attached hydrogens (tertiary/aromatic N) is 1. The number of hydrogen-bond acceptors (Lipinski definition) is 7. The Morgan fingerprint density at radius 2 is 1.71 bits per heavy atom. The van der Waals surface area contributed by atoms with Crippen molar-refractivity contribution in [2.75, 3.05) is 6.54 Å². The Morgan fingerprint density at radius 1 is 1.02 bits per heavy atom. The Labute approximate surface area is 312 Å². The maximum Gasteiger partial charge on any atom is 0.309 e. The summed E-state index contributed by atoms with van der Waals surface area (Å²) in [6.45, 7) is 22.6. The number of aromatic nitrogens is 1. The molecule has 4 fully saturated rings. The molecule has 1 heterocycles. The fraction of sp³-hybridized carbons (Fsp3) is 0.773. The van der Waals surface area contributed by atoms with E-state index in [2.05, 4.69) is 71.8 Å². The number of carbonyl (C=O) groups excluding carboxylic acids is 2. The number of nitrogens with one attached hydrogen (secondary N) is 1. The first kappa shape index (κ1) is 39.1. The first-order valence-corrected chi connectivity index (χ1v) is 20.2. The van der Waals surface area contributed by atoms with Crippen molar-refractivity contribution >= 4 is 17.7 Å². The Morgan fingerprint density at radius 3 is 2.35 bits per heavy atom. The van der Waals surface area contributed by atoms with Crippen molar-refractivity contribution < 1.29 is 24.2 Å². The number of esters is 1. The minimum Gasteiger partial charge on any atom is -0.481 e. The number of ketones is 1. The van der Waals surface area contributed by atoms with E-state index in [1.54, 1.807) is 13.8 Å². The summed E-state index contributed by atoms with van der Waals surface area (Å²) in [5.41, 5.74) is 9.22. The van der Waals surface area contributed by atoms with Gasteiger partial charge in [0.25, 0.3) is 0 Å². The zero-order valence-electron chi connectivity index (χ0n) is 33.8. The Kier molecular flexibility index (Phi) is 9.80. The monoisotopic (exact) mass is 718 g/mol. The summed E-state index contributed by atoms with van der Waals surface area (Å²) in [7, 11) is 0. The van der Waals surface area contributed by atoms with Crippen LogP contribution in [0.1, 0.15) is 151 Å². The van der Waals surface area contributed by atoms with E-state index in [0.717, 1.165) is 69.9 Å². The first-order valence-electron chi connectivity index (χ1n) is 20.2. The van der Waals surface area contributed by atoms with Crippen molar-refractivity contribution in [1.82, 2.24) is 10.3 Å². The van der Waals surface area contributed by atoms with Crippen molar-refractivity contribution in [3.05, 3.63) is 41.2 Å². The van der Waals surface area contributed by atoms with Crippen LogP contribution in [0.4, 0.5) is 0 Å². The molecule has 52 heavy (non-hydrogen) atoms. The number of Topliss-reactive ketones (excluding diaryl/α,β-unsaturated/α-hetero) is 1. The lowest BCUT2D eigenvalue weighted by molar-refractivity contribution is -0.237. The molecule has 0 spiro atoms. The fourth-order valence-corrected chi connectivity index (χ4v) is 13.3. The minimum absolute atomic E-state index is 0.0175. The Balaban J connectivity index is 1.28. The zero-order chi connectivity index (χ0) is 38.3. The number of nitrogens with two attached hydrogens (primary N) is 1. The highest BCUT2D eigenvalue weighted by molar-refractivity contribution is 6.01. The first-order chi connectivity index (χ1) is 24.1. The van der Waals surface area contributed by atoms with Crippen molar-refractivity contribution in [3.8, 4) is 0 Å². The van der Waals surface area contributed by atoms with Gasteiger partial charge in [0, 0.05) is 41.2 Å². The summed E-state index contributed by atoms with van der Waals surface area (Å²) in [6, 6.07) is 4.27. The molecule has 8 nitrogen and oxygen atoms in total. The van der Waals surface area contributed by atoms with E-state index in [0.29, 0.717) is 24.0 Å². The number of fused-ring (bicyclic) bond motifs is 7. The van der Waals surface area contributed by atoms with Gasteiger partial charge >= 0.3 is 11.9 Å². The number of hydrogen-bond donors (Lipinski definition) is 3. The average molecular weight is 718 g/mol. The summed E-state index contributed by atoms with van der Waals surface area (Å²) in [5.74, 6) is -0.145. The topological polar surface area (TPSA) is 132 Å². The molecule has 9 atom stereocenters. The molecule has 6 rings (SSSR count). The van der Waals surface area contributed by atoms with Gasteiger partial charge in [-0.2, -0.15) is 0 Å².